The van der Waals surface area contributed by atoms with E-state index in [-0.39, 0.29) is 29.2 Å². The van der Waals surface area contributed by atoms with E-state index in [1.54, 1.807) is 19.1 Å². The number of aromatic hydroxyl groups is 2. The molecular weight excluding hydrogens is 560 g/mol. The molecule has 14 heteroatoms. The number of phenolic OH excluding ortho intramolecular Hbond substituents is 2. The number of aliphatic hydroxyl groups is 6. The Morgan fingerprint density at radius 1 is 0.833 bits per heavy atom. The molecule has 3 aliphatic heterocycles. The van der Waals surface area contributed by atoms with E-state index in [1.807, 2.05) is 0 Å². The highest BCUT2D eigenvalue weighted by atomic mass is 16.7. The second-order valence-corrected chi connectivity index (χ2v) is 10.7. The molecule has 230 valence electrons. The normalized spacial score (nSPS) is 36.7. The van der Waals surface area contributed by atoms with E-state index in [0.29, 0.717) is 11.1 Å². The summed E-state index contributed by atoms with van der Waals surface area (Å²) in [5.74, 6) is -0.952. The van der Waals surface area contributed by atoms with Gasteiger partial charge in [-0.1, -0.05) is 12.1 Å². The van der Waals surface area contributed by atoms with Gasteiger partial charge < -0.3 is 64.5 Å². The van der Waals surface area contributed by atoms with Gasteiger partial charge in [-0.2, -0.15) is 0 Å². The summed E-state index contributed by atoms with van der Waals surface area (Å²) in [6, 6.07) is 7.28. The third-order valence-corrected chi connectivity index (χ3v) is 7.73. The van der Waals surface area contributed by atoms with Gasteiger partial charge in [-0.3, -0.25) is 4.79 Å². The highest BCUT2D eigenvalue weighted by Gasteiger charge is 2.47. The van der Waals surface area contributed by atoms with Crippen molar-refractivity contribution in [1.29, 1.82) is 0 Å². The summed E-state index contributed by atoms with van der Waals surface area (Å²) in [5.41, 5.74) is 1.11. The van der Waals surface area contributed by atoms with Crippen molar-refractivity contribution in [2.24, 2.45) is 0 Å². The van der Waals surface area contributed by atoms with E-state index in [2.05, 4.69) is 0 Å². The zero-order valence-corrected chi connectivity index (χ0v) is 22.7. The fourth-order valence-corrected chi connectivity index (χ4v) is 5.12. The summed E-state index contributed by atoms with van der Waals surface area (Å²) in [7, 11) is 0. The number of hydrogen-bond donors (Lipinski definition) is 8. The van der Waals surface area contributed by atoms with Crippen molar-refractivity contribution >= 4 is 5.78 Å². The van der Waals surface area contributed by atoms with Crippen molar-refractivity contribution in [3.63, 3.8) is 0 Å². The first-order chi connectivity index (χ1) is 19.8. The fraction of sp³-hybridized carbons (Fsp3) is 0.536. The minimum absolute atomic E-state index is 0.0182. The van der Waals surface area contributed by atoms with E-state index in [1.165, 1.54) is 19.1 Å². The number of aryl methyl sites for hydroxylation is 1. The van der Waals surface area contributed by atoms with E-state index in [4.69, 9.17) is 23.7 Å². The molecule has 0 amide bonds. The maximum Gasteiger partial charge on any atom is 0.229 e. The number of carbonyl (C=O) groups excluding carboxylic acids is 1. The van der Waals surface area contributed by atoms with Crippen LogP contribution < -0.4 is 9.47 Å². The van der Waals surface area contributed by atoms with E-state index in [9.17, 15) is 45.6 Å². The van der Waals surface area contributed by atoms with Crippen LogP contribution >= 0.6 is 0 Å². The number of Topliss-reactive ketones (excluding diaryl/α,β-unsaturated/α-hetero) is 1. The molecule has 3 heterocycles. The predicted octanol–water partition coefficient (Wildman–Crippen LogP) is -0.857. The molecule has 0 aliphatic carbocycles. The van der Waals surface area contributed by atoms with Gasteiger partial charge in [0.1, 0.15) is 77.4 Å². The quantitative estimate of drug-likeness (QED) is 0.204. The molecule has 3 aliphatic rings. The molecule has 2 aromatic carbocycles. The average Bonchev–Trinajstić information content (AvgIpc) is 2.95. The molecule has 0 saturated carbocycles. The molecule has 42 heavy (non-hydrogen) atoms. The Kier molecular flexibility index (Phi) is 8.63. The maximum atomic E-state index is 12.9. The monoisotopic (exact) mass is 594 g/mol. The fourth-order valence-electron chi connectivity index (χ4n) is 5.12. The summed E-state index contributed by atoms with van der Waals surface area (Å²) in [6.07, 6.45) is -15.7. The topological polar surface area (TPSA) is 225 Å². The Bertz CT molecular complexity index is 1300. The molecular formula is C28H34O14. The Morgan fingerprint density at radius 2 is 1.52 bits per heavy atom. The minimum Gasteiger partial charge on any atom is -0.508 e. The molecule has 0 aromatic heterocycles. The Labute approximate surface area is 239 Å². The van der Waals surface area contributed by atoms with Crippen LogP contribution in [0.15, 0.2) is 30.3 Å². The van der Waals surface area contributed by atoms with Gasteiger partial charge in [0.15, 0.2) is 12.1 Å². The largest absolute Gasteiger partial charge is 0.508 e. The van der Waals surface area contributed by atoms with Crippen LogP contribution in [0.2, 0.25) is 0 Å². The van der Waals surface area contributed by atoms with Crippen LogP contribution in [0.3, 0.4) is 0 Å². The number of phenols is 2. The Morgan fingerprint density at radius 3 is 2.24 bits per heavy atom. The van der Waals surface area contributed by atoms with Crippen LogP contribution in [-0.2, 0) is 14.2 Å². The van der Waals surface area contributed by atoms with Crippen molar-refractivity contribution < 1.29 is 69.3 Å². The van der Waals surface area contributed by atoms with Crippen molar-refractivity contribution in [2.75, 3.05) is 6.61 Å². The third kappa shape index (κ3) is 5.77. The molecule has 0 radical (unpaired) electrons. The molecule has 8 N–H and O–H groups in total. The summed E-state index contributed by atoms with van der Waals surface area (Å²) < 4.78 is 28.1. The second-order valence-electron chi connectivity index (χ2n) is 10.7. The molecule has 2 aromatic rings. The SMILES string of the molecule is Cc1ccc(C2CC(=O)c3c(O)cc(OC4OC(COC5OC(C)C(O)C(O)C5O)C(O)C(O)C4O)cc3O2)cc1O. The Balaban J connectivity index is 1.30. The lowest BCUT2D eigenvalue weighted by molar-refractivity contribution is -0.318. The smallest absolute Gasteiger partial charge is 0.229 e. The zero-order chi connectivity index (χ0) is 30.5. The molecule has 5 rings (SSSR count). The Hall–Kier alpha value is -3.05. The number of aliphatic hydroxyl groups excluding tert-OH is 6. The van der Waals surface area contributed by atoms with E-state index < -0.39 is 85.7 Å². The first-order valence-electron chi connectivity index (χ1n) is 13.4. The summed E-state index contributed by atoms with van der Waals surface area (Å²) in [6.45, 7) is 2.70. The van der Waals surface area contributed by atoms with Gasteiger partial charge in [0.05, 0.1) is 19.1 Å². The molecule has 0 bridgehead atoms. The number of rotatable bonds is 6. The van der Waals surface area contributed by atoms with E-state index in [0.717, 1.165) is 6.07 Å². The van der Waals surface area contributed by atoms with Gasteiger partial charge in [-0.15, -0.1) is 0 Å². The highest BCUT2D eigenvalue weighted by Crippen LogP contribution is 2.43. The van der Waals surface area contributed by atoms with Crippen LogP contribution in [0.1, 0.15) is 40.9 Å². The van der Waals surface area contributed by atoms with Crippen LogP contribution in [0.25, 0.3) is 0 Å². The standard InChI is InChI=1S/C28H34O14/c1-10-3-4-12(5-14(10)29)17-8-16(31)20-15(30)6-13(7-18(20)41-17)40-28-26(37)24(35)22(33)19(42-28)9-38-27-25(36)23(34)21(32)11(2)39-27/h3-7,11,17,19,21-30,32-37H,8-9H2,1-2H3. The summed E-state index contributed by atoms with van der Waals surface area (Å²) >= 11 is 0. The highest BCUT2D eigenvalue weighted by molar-refractivity contribution is 6.02. The molecule has 0 spiro atoms. The number of hydrogen-bond acceptors (Lipinski definition) is 14. The summed E-state index contributed by atoms with van der Waals surface area (Å²) in [5, 5.41) is 82.1. The number of ether oxygens (including phenoxy) is 5. The number of ketones is 1. The molecule has 11 unspecified atom stereocenters. The number of carbonyl (C=O) groups is 1. The second kappa shape index (κ2) is 11.9. The van der Waals surface area contributed by atoms with Crippen LogP contribution in [0.5, 0.6) is 23.0 Å². The lowest BCUT2D eigenvalue weighted by Gasteiger charge is -2.42. The van der Waals surface area contributed by atoms with E-state index >= 15 is 0 Å². The lowest BCUT2D eigenvalue weighted by Crippen LogP contribution is -2.61. The first kappa shape index (κ1) is 30.4. The van der Waals surface area contributed by atoms with Crippen LogP contribution in [0, 0.1) is 6.92 Å². The molecule has 11 atom stereocenters. The van der Waals surface area contributed by atoms with Crippen LogP contribution in [0.4, 0.5) is 0 Å². The van der Waals surface area contributed by atoms with Gasteiger partial charge in [-0.05, 0) is 31.0 Å². The van der Waals surface area contributed by atoms with Crippen molar-refractivity contribution in [3.05, 3.63) is 47.0 Å². The maximum absolute atomic E-state index is 12.9. The predicted molar refractivity (Wildman–Crippen MR) is 139 cm³/mol. The molecule has 2 fully saturated rings. The number of fused-ring (bicyclic) bond motifs is 1. The van der Waals surface area contributed by atoms with Gasteiger partial charge >= 0.3 is 0 Å². The number of benzene rings is 2. The van der Waals surface area contributed by atoms with Crippen LogP contribution in [-0.4, -0.2) is 115 Å². The van der Waals surface area contributed by atoms with Gasteiger partial charge in [0.25, 0.3) is 0 Å². The molecule has 14 nitrogen and oxygen atoms in total. The zero-order valence-electron chi connectivity index (χ0n) is 22.7. The van der Waals surface area contributed by atoms with Gasteiger partial charge in [0.2, 0.25) is 6.29 Å². The van der Waals surface area contributed by atoms with Gasteiger partial charge in [-0.25, -0.2) is 0 Å². The van der Waals surface area contributed by atoms with Crippen molar-refractivity contribution in [3.8, 4) is 23.0 Å². The van der Waals surface area contributed by atoms with Crippen molar-refractivity contribution in [1.82, 2.24) is 0 Å². The average molecular weight is 595 g/mol. The minimum atomic E-state index is -1.76. The molecule has 2 saturated heterocycles. The lowest BCUT2D eigenvalue weighted by atomic mass is 9.95. The summed E-state index contributed by atoms with van der Waals surface area (Å²) in [4.78, 5) is 12.9. The first-order valence-corrected chi connectivity index (χ1v) is 13.4. The van der Waals surface area contributed by atoms with Crippen molar-refractivity contribution in [2.45, 2.75) is 87.8 Å². The van der Waals surface area contributed by atoms with Gasteiger partial charge in [0, 0.05) is 12.1 Å². The third-order valence-electron chi connectivity index (χ3n) is 7.73.